The number of nitrogens with one attached hydrogen (secondary N) is 1. The van der Waals surface area contributed by atoms with Crippen LogP contribution in [-0.2, 0) is 16.4 Å². The number of nitro benzene ring substituents is 1. The van der Waals surface area contributed by atoms with Gasteiger partial charge < -0.3 is 4.90 Å². The van der Waals surface area contributed by atoms with Crippen molar-refractivity contribution in [1.82, 2.24) is 4.72 Å². The molecule has 27 heavy (non-hydrogen) atoms. The molecule has 1 aliphatic rings. The maximum atomic E-state index is 12.3. The van der Waals surface area contributed by atoms with Crippen molar-refractivity contribution in [1.29, 1.82) is 0 Å². The molecule has 0 saturated carbocycles. The molecule has 2 aromatic rings. The average molecular weight is 389 g/mol. The molecule has 0 aliphatic carbocycles. The molecule has 0 unspecified atom stereocenters. The quantitative estimate of drug-likeness (QED) is 0.425. The van der Waals surface area contributed by atoms with E-state index in [2.05, 4.69) is 33.9 Å². The molecule has 0 bridgehead atoms. The van der Waals surface area contributed by atoms with Gasteiger partial charge in [0.25, 0.3) is 5.69 Å². The number of nitro groups is 1. The summed E-state index contributed by atoms with van der Waals surface area (Å²) in [7, 11) is -3.75. The van der Waals surface area contributed by atoms with Crippen LogP contribution in [0, 0.1) is 10.1 Å². The Balaban J connectivity index is 1.50. The predicted molar refractivity (Wildman–Crippen MR) is 104 cm³/mol. The van der Waals surface area contributed by atoms with Crippen molar-refractivity contribution in [3.05, 3.63) is 64.2 Å². The molecule has 0 amide bonds. The van der Waals surface area contributed by atoms with Crippen LogP contribution in [0.5, 0.6) is 0 Å². The van der Waals surface area contributed by atoms with E-state index >= 15 is 0 Å². The van der Waals surface area contributed by atoms with Crippen molar-refractivity contribution in [2.45, 2.75) is 30.6 Å². The summed E-state index contributed by atoms with van der Waals surface area (Å²) in [4.78, 5) is 12.5. The lowest BCUT2D eigenvalue weighted by molar-refractivity contribution is -0.385. The van der Waals surface area contributed by atoms with Crippen molar-refractivity contribution in [2.24, 2.45) is 0 Å². The second-order valence-corrected chi connectivity index (χ2v) is 8.38. The number of hydrogen-bond donors (Lipinski definition) is 1. The Kier molecular flexibility index (Phi) is 6.08. The van der Waals surface area contributed by atoms with E-state index in [-0.39, 0.29) is 17.1 Å². The lowest BCUT2D eigenvalue weighted by Gasteiger charge is -2.17. The molecule has 0 radical (unpaired) electrons. The van der Waals surface area contributed by atoms with Gasteiger partial charge in [0.15, 0.2) is 0 Å². The predicted octanol–water partition coefficient (Wildman–Crippen LogP) is 3.11. The fraction of sp³-hybridized carbons (Fsp3) is 0.368. The summed E-state index contributed by atoms with van der Waals surface area (Å²) in [6, 6.07) is 13.5. The molecule has 1 N–H and O–H groups in total. The molecule has 1 aliphatic heterocycles. The molecule has 3 rings (SSSR count). The van der Waals surface area contributed by atoms with Gasteiger partial charge in [0, 0.05) is 37.5 Å². The van der Waals surface area contributed by atoms with Gasteiger partial charge in [-0.25, -0.2) is 13.1 Å². The summed E-state index contributed by atoms with van der Waals surface area (Å²) >= 11 is 0. The van der Waals surface area contributed by atoms with Gasteiger partial charge in [-0.15, -0.1) is 0 Å². The Hall–Kier alpha value is -2.45. The maximum absolute atomic E-state index is 12.3. The Bertz CT molecular complexity index is 891. The van der Waals surface area contributed by atoms with Gasteiger partial charge in [-0.2, -0.15) is 0 Å². The molecule has 2 aromatic carbocycles. The highest BCUT2D eigenvalue weighted by molar-refractivity contribution is 7.89. The number of sulfonamides is 1. The summed E-state index contributed by atoms with van der Waals surface area (Å²) in [6.45, 7) is 2.50. The molecule has 0 spiro atoms. The molecule has 8 heteroatoms. The van der Waals surface area contributed by atoms with Crippen LogP contribution < -0.4 is 9.62 Å². The largest absolute Gasteiger partial charge is 0.372 e. The molecule has 0 atom stereocenters. The highest BCUT2D eigenvalue weighted by Gasteiger charge is 2.17. The smallest absolute Gasteiger partial charge is 0.270 e. The SMILES string of the molecule is O=[N+]([O-])c1cccc(S(=O)(=O)NCCCc2ccc(N3CCCC3)cc2)c1. The standard InChI is InChI=1S/C19H23N3O4S/c23-22(24)18-6-3-7-19(15-18)27(25,26)20-12-4-5-16-8-10-17(11-9-16)21-13-1-2-14-21/h3,6-11,15,20H,1-2,4-5,12-14H2. The minimum Gasteiger partial charge on any atom is -0.372 e. The van der Waals surface area contributed by atoms with E-state index in [9.17, 15) is 18.5 Å². The number of aryl methyl sites for hydroxylation is 1. The monoisotopic (exact) mass is 389 g/mol. The van der Waals surface area contributed by atoms with Crippen LogP contribution in [0.25, 0.3) is 0 Å². The summed E-state index contributed by atoms with van der Waals surface area (Å²) in [5, 5.41) is 10.8. The van der Waals surface area contributed by atoms with Crippen molar-refractivity contribution in [2.75, 3.05) is 24.5 Å². The van der Waals surface area contributed by atoms with Gasteiger partial charge in [-0.1, -0.05) is 18.2 Å². The Labute approximate surface area is 159 Å². The fourth-order valence-corrected chi connectivity index (χ4v) is 4.31. The van der Waals surface area contributed by atoms with E-state index in [0.29, 0.717) is 6.42 Å². The van der Waals surface area contributed by atoms with Gasteiger partial charge in [0.1, 0.15) is 0 Å². The van der Waals surface area contributed by atoms with Gasteiger partial charge in [-0.3, -0.25) is 10.1 Å². The number of rotatable bonds is 8. The first-order valence-electron chi connectivity index (χ1n) is 9.04. The van der Waals surface area contributed by atoms with E-state index in [1.807, 2.05) is 0 Å². The molecule has 144 valence electrons. The summed E-state index contributed by atoms with van der Waals surface area (Å²) in [5.41, 5.74) is 2.16. The lowest BCUT2D eigenvalue weighted by Crippen LogP contribution is -2.25. The molecule has 7 nitrogen and oxygen atoms in total. The zero-order chi connectivity index (χ0) is 19.3. The second-order valence-electron chi connectivity index (χ2n) is 6.62. The van der Waals surface area contributed by atoms with E-state index in [4.69, 9.17) is 0 Å². The van der Waals surface area contributed by atoms with Crippen LogP contribution >= 0.6 is 0 Å². The lowest BCUT2D eigenvalue weighted by atomic mass is 10.1. The van der Waals surface area contributed by atoms with E-state index in [1.165, 1.54) is 36.7 Å². The number of nitrogens with zero attached hydrogens (tertiary/aromatic N) is 2. The molecule has 1 fully saturated rings. The number of anilines is 1. The normalized spacial score (nSPS) is 14.4. The van der Waals surface area contributed by atoms with Crippen LogP contribution in [0.1, 0.15) is 24.8 Å². The van der Waals surface area contributed by atoms with Crippen LogP contribution in [0.2, 0.25) is 0 Å². The third-order valence-corrected chi connectivity index (χ3v) is 6.14. The highest BCUT2D eigenvalue weighted by atomic mass is 32.2. The van der Waals surface area contributed by atoms with Gasteiger partial charge >= 0.3 is 0 Å². The number of hydrogen-bond acceptors (Lipinski definition) is 5. The first-order valence-corrected chi connectivity index (χ1v) is 10.5. The van der Waals surface area contributed by atoms with Crippen LogP contribution in [0.4, 0.5) is 11.4 Å². The van der Waals surface area contributed by atoms with Crippen molar-refractivity contribution < 1.29 is 13.3 Å². The highest BCUT2D eigenvalue weighted by Crippen LogP contribution is 2.21. The van der Waals surface area contributed by atoms with Gasteiger partial charge in [-0.05, 0) is 49.4 Å². The van der Waals surface area contributed by atoms with Gasteiger partial charge in [0.2, 0.25) is 10.0 Å². The summed E-state index contributed by atoms with van der Waals surface area (Å²) in [5.74, 6) is 0. The average Bonchev–Trinajstić information content (AvgIpc) is 3.20. The number of non-ortho nitro benzene ring substituents is 1. The molecular weight excluding hydrogens is 366 g/mol. The first-order chi connectivity index (χ1) is 13.0. The Morgan fingerprint density at radius 1 is 1.07 bits per heavy atom. The fourth-order valence-electron chi connectivity index (χ4n) is 3.20. The summed E-state index contributed by atoms with van der Waals surface area (Å²) < 4.78 is 27.1. The molecular formula is C19H23N3O4S. The minimum atomic E-state index is -3.75. The zero-order valence-corrected chi connectivity index (χ0v) is 15.8. The van der Waals surface area contributed by atoms with Crippen molar-refractivity contribution in [3.8, 4) is 0 Å². The van der Waals surface area contributed by atoms with E-state index in [1.54, 1.807) is 0 Å². The first kappa shape index (κ1) is 19.3. The second kappa shape index (κ2) is 8.49. The van der Waals surface area contributed by atoms with Crippen molar-refractivity contribution in [3.63, 3.8) is 0 Å². The third kappa shape index (κ3) is 5.05. The Morgan fingerprint density at radius 3 is 2.44 bits per heavy atom. The zero-order valence-electron chi connectivity index (χ0n) is 15.0. The minimum absolute atomic E-state index is 0.0910. The van der Waals surface area contributed by atoms with E-state index < -0.39 is 14.9 Å². The van der Waals surface area contributed by atoms with Gasteiger partial charge in [0.05, 0.1) is 9.82 Å². The third-order valence-electron chi connectivity index (χ3n) is 4.68. The van der Waals surface area contributed by atoms with Crippen molar-refractivity contribution >= 4 is 21.4 Å². The molecule has 0 aromatic heterocycles. The maximum Gasteiger partial charge on any atom is 0.270 e. The molecule has 1 saturated heterocycles. The van der Waals surface area contributed by atoms with Crippen LogP contribution in [0.3, 0.4) is 0 Å². The summed E-state index contributed by atoms with van der Waals surface area (Å²) in [6.07, 6.45) is 3.90. The molecule has 1 heterocycles. The Morgan fingerprint density at radius 2 is 1.78 bits per heavy atom. The van der Waals surface area contributed by atoms with Crippen LogP contribution in [0.15, 0.2) is 53.4 Å². The van der Waals surface area contributed by atoms with E-state index in [0.717, 1.165) is 31.1 Å². The van der Waals surface area contributed by atoms with Crippen LogP contribution in [-0.4, -0.2) is 33.0 Å². The topological polar surface area (TPSA) is 92.5 Å². The number of benzene rings is 2.